The van der Waals surface area contributed by atoms with Gasteiger partial charge >= 0.3 is 0 Å². The number of hydrogen-bond acceptors (Lipinski definition) is 3. The van der Waals surface area contributed by atoms with Crippen LogP contribution in [0.4, 0.5) is 0 Å². The zero-order chi connectivity index (χ0) is 14.9. The van der Waals surface area contributed by atoms with Crippen LogP contribution in [0.2, 0.25) is 0 Å². The summed E-state index contributed by atoms with van der Waals surface area (Å²) in [5.41, 5.74) is 8.37. The SMILES string of the molecule is CCCOc1ccc(C(N)COCc2ccccc2)cc1. The molecule has 0 aliphatic carbocycles. The highest BCUT2D eigenvalue weighted by molar-refractivity contribution is 5.29. The average molecular weight is 285 g/mol. The summed E-state index contributed by atoms with van der Waals surface area (Å²) in [5.74, 6) is 0.887. The Bertz CT molecular complexity index is 511. The van der Waals surface area contributed by atoms with Crippen molar-refractivity contribution in [1.29, 1.82) is 0 Å². The van der Waals surface area contributed by atoms with Gasteiger partial charge < -0.3 is 15.2 Å². The molecule has 0 saturated heterocycles. The van der Waals surface area contributed by atoms with E-state index in [1.807, 2.05) is 54.6 Å². The standard InChI is InChI=1S/C18H23NO2/c1-2-12-21-17-10-8-16(9-11-17)18(19)14-20-13-15-6-4-3-5-7-15/h3-11,18H,2,12-14,19H2,1H3. The maximum Gasteiger partial charge on any atom is 0.119 e. The lowest BCUT2D eigenvalue weighted by Crippen LogP contribution is -2.17. The molecule has 3 nitrogen and oxygen atoms in total. The normalized spacial score (nSPS) is 12.1. The monoisotopic (exact) mass is 285 g/mol. The summed E-state index contributed by atoms with van der Waals surface area (Å²) in [5, 5.41) is 0. The zero-order valence-electron chi connectivity index (χ0n) is 12.5. The molecular formula is C18H23NO2. The van der Waals surface area contributed by atoms with Gasteiger partial charge in [0.1, 0.15) is 5.75 Å². The minimum atomic E-state index is -0.117. The third-order valence-electron chi connectivity index (χ3n) is 3.19. The lowest BCUT2D eigenvalue weighted by molar-refractivity contribution is 0.108. The number of nitrogens with two attached hydrogens (primary N) is 1. The van der Waals surface area contributed by atoms with E-state index < -0.39 is 0 Å². The Morgan fingerprint density at radius 2 is 1.71 bits per heavy atom. The quantitative estimate of drug-likeness (QED) is 0.804. The summed E-state index contributed by atoms with van der Waals surface area (Å²) in [7, 11) is 0. The Balaban J connectivity index is 1.78. The van der Waals surface area contributed by atoms with Crippen molar-refractivity contribution < 1.29 is 9.47 Å². The Morgan fingerprint density at radius 1 is 1.00 bits per heavy atom. The van der Waals surface area contributed by atoms with E-state index in [0.29, 0.717) is 13.2 Å². The number of rotatable bonds is 8. The van der Waals surface area contributed by atoms with Crippen molar-refractivity contribution in [3.05, 3.63) is 65.7 Å². The molecule has 1 atom stereocenters. The van der Waals surface area contributed by atoms with Crippen LogP contribution in [-0.4, -0.2) is 13.2 Å². The van der Waals surface area contributed by atoms with E-state index in [1.54, 1.807) is 0 Å². The molecule has 0 amide bonds. The van der Waals surface area contributed by atoms with Gasteiger partial charge in [-0.2, -0.15) is 0 Å². The lowest BCUT2D eigenvalue weighted by atomic mass is 10.1. The maximum absolute atomic E-state index is 6.14. The molecule has 0 saturated carbocycles. The van der Waals surface area contributed by atoms with Gasteiger partial charge in [0, 0.05) is 0 Å². The van der Waals surface area contributed by atoms with Crippen LogP contribution in [0.1, 0.15) is 30.5 Å². The smallest absolute Gasteiger partial charge is 0.119 e. The first kappa shape index (κ1) is 15.5. The van der Waals surface area contributed by atoms with E-state index in [0.717, 1.165) is 29.9 Å². The van der Waals surface area contributed by atoms with E-state index in [9.17, 15) is 0 Å². The van der Waals surface area contributed by atoms with Crippen LogP contribution in [-0.2, 0) is 11.3 Å². The largest absolute Gasteiger partial charge is 0.494 e. The summed E-state index contributed by atoms with van der Waals surface area (Å²) >= 11 is 0. The van der Waals surface area contributed by atoms with Crippen LogP contribution in [0.3, 0.4) is 0 Å². The number of hydrogen-bond donors (Lipinski definition) is 1. The second kappa shape index (κ2) is 8.45. The Kier molecular flexibility index (Phi) is 6.25. The predicted octanol–water partition coefficient (Wildman–Crippen LogP) is 3.69. The van der Waals surface area contributed by atoms with Crippen LogP contribution in [0.25, 0.3) is 0 Å². The number of benzene rings is 2. The molecule has 0 fully saturated rings. The van der Waals surface area contributed by atoms with Crippen molar-refractivity contribution >= 4 is 0 Å². The minimum absolute atomic E-state index is 0.117. The molecule has 2 rings (SSSR count). The van der Waals surface area contributed by atoms with E-state index in [1.165, 1.54) is 0 Å². The molecule has 3 heteroatoms. The third-order valence-corrected chi connectivity index (χ3v) is 3.19. The summed E-state index contributed by atoms with van der Waals surface area (Å²) < 4.78 is 11.2. The molecule has 0 spiro atoms. The molecule has 0 aromatic heterocycles. The molecule has 0 bridgehead atoms. The molecule has 1 unspecified atom stereocenters. The Hall–Kier alpha value is -1.84. The first-order chi connectivity index (χ1) is 10.3. The van der Waals surface area contributed by atoms with E-state index in [2.05, 4.69) is 6.92 Å². The second-order valence-electron chi connectivity index (χ2n) is 5.02. The zero-order valence-corrected chi connectivity index (χ0v) is 12.5. The number of ether oxygens (including phenoxy) is 2. The van der Waals surface area contributed by atoms with Crippen LogP contribution in [0, 0.1) is 0 Å². The van der Waals surface area contributed by atoms with Gasteiger partial charge in [0.05, 0.1) is 25.9 Å². The fourth-order valence-corrected chi connectivity index (χ4v) is 2.01. The van der Waals surface area contributed by atoms with Gasteiger partial charge in [-0.05, 0) is 29.7 Å². The van der Waals surface area contributed by atoms with Crippen molar-refractivity contribution in [2.45, 2.75) is 26.0 Å². The molecule has 2 aromatic rings. The Morgan fingerprint density at radius 3 is 2.38 bits per heavy atom. The minimum Gasteiger partial charge on any atom is -0.494 e. The third kappa shape index (κ3) is 5.21. The van der Waals surface area contributed by atoms with Gasteiger partial charge in [-0.1, -0.05) is 49.4 Å². The highest BCUT2D eigenvalue weighted by Gasteiger charge is 2.06. The Labute approximate surface area is 126 Å². The first-order valence-electron chi connectivity index (χ1n) is 7.39. The van der Waals surface area contributed by atoms with Crippen LogP contribution >= 0.6 is 0 Å². The molecular weight excluding hydrogens is 262 g/mol. The molecule has 2 aromatic carbocycles. The van der Waals surface area contributed by atoms with Crippen LogP contribution in [0.15, 0.2) is 54.6 Å². The molecule has 21 heavy (non-hydrogen) atoms. The van der Waals surface area contributed by atoms with Crippen molar-refractivity contribution in [3.8, 4) is 5.75 Å². The van der Waals surface area contributed by atoms with Gasteiger partial charge in [0.15, 0.2) is 0 Å². The van der Waals surface area contributed by atoms with Gasteiger partial charge in [0.25, 0.3) is 0 Å². The second-order valence-corrected chi connectivity index (χ2v) is 5.02. The fraction of sp³-hybridized carbons (Fsp3) is 0.333. The van der Waals surface area contributed by atoms with Gasteiger partial charge in [-0.3, -0.25) is 0 Å². The first-order valence-corrected chi connectivity index (χ1v) is 7.39. The fourth-order valence-electron chi connectivity index (χ4n) is 2.01. The molecule has 2 N–H and O–H groups in total. The summed E-state index contributed by atoms with van der Waals surface area (Å²) in [6.07, 6.45) is 1.01. The van der Waals surface area contributed by atoms with Crippen molar-refractivity contribution in [2.75, 3.05) is 13.2 Å². The van der Waals surface area contributed by atoms with Gasteiger partial charge in [-0.15, -0.1) is 0 Å². The highest BCUT2D eigenvalue weighted by atomic mass is 16.5. The van der Waals surface area contributed by atoms with Crippen molar-refractivity contribution in [1.82, 2.24) is 0 Å². The molecule has 0 radical (unpaired) electrons. The maximum atomic E-state index is 6.14. The van der Waals surface area contributed by atoms with Crippen molar-refractivity contribution in [3.63, 3.8) is 0 Å². The van der Waals surface area contributed by atoms with E-state index in [-0.39, 0.29) is 6.04 Å². The average Bonchev–Trinajstić information content (AvgIpc) is 2.54. The molecule has 0 aliphatic rings. The van der Waals surface area contributed by atoms with Gasteiger partial charge in [-0.25, -0.2) is 0 Å². The summed E-state index contributed by atoms with van der Waals surface area (Å²) in [6.45, 7) is 3.93. The lowest BCUT2D eigenvalue weighted by Gasteiger charge is -2.13. The van der Waals surface area contributed by atoms with Crippen LogP contribution in [0.5, 0.6) is 5.75 Å². The van der Waals surface area contributed by atoms with Crippen LogP contribution < -0.4 is 10.5 Å². The molecule has 0 heterocycles. The van der Waals surface area contributed by atoms with Crippen molar-refractivity contribution in [2.24, 2.45) is 5.73 Å². The summed E-state index contributed by atoms with van der Waals surface area (Å²) in [4.78, 5) is 0. The van der Waals surface area contributed by atoms with E-state index >= 15 is 0 Å². The predicted molar refractivity (Wildman–Crippen MR) is 85.3 cm³/mol. The molecule has 112 valence electrons. The van der Waals surface area contributed by atoms with Gasteiger partial charge in [0.2, 0.25) is 0 Å². The topological polar surface area (TPSA) is 44.5 Å². The summed E-state index contributed by atoms with van der Waals surface area (Å²) in [6, 6.07) is 17.9. The van der Waals surface area contributed by atoms with E-state index in [4.69, 9.17) is 15.2 Å². The highest BCUT2D eigenvalue weighted by Crippen LogP contribution is 2.17. The molecule has 0 aliphatic heterocycles.